The molecule has 64 valence electrons. The lowest BCUT2D eigenvalue weighted by Crippen LogP contribution is -1.71. The fourth-order valence-electron chi connectivity index (χ4n) is 0.567. The zero-order valence-corrected chi connectivity index (χ0v) is 7.46. The first-order valence-corrected chi connectivity index (χ1v) is 4.02. The monoisotopic (exact) mass is 182 g/mol. The van der Waals surface area contributed by atoms with Crippen LogP contribution in [0.25, 0.3) is 0 Å². The molecular weight excluding hydrogens is 172 g/mol. The smallest absolute Gasteiger partial charge is 0.103 e. The molecule has 0 atom stereocenters. The summed E-state index contributed by atoms with van der Waals surface area (Å²) in [5, 5.41) is 7.64. The Balaban J connectivity index is 0.000000261. The highest BCUT2D eigenvalue weighted by Crippen LogP contribution is 2.00. The normalized spacial score (nSPS) is 7.75. The van der Waals surface area contributed by atoms with Gasteiger partial charge in [-0.1, -0.05) is 36.3 Å². The molecule has 0 radical (unpaired) electrons. The van der Waals surface area contributed by atoms with Crippen LogP contribution in [0.4, 0.5) is 0 Å². The van der Waals surface area contributed by atoms with Crippen molar-refractivity contribution in [3.63, 3.8) is 0 Å². The second-order valence-electron chi connectivity index (χ2n) is 1.98. The van der Waals surface area contributed by atoms with E-state index < -0.39 is 0 Å². The van der Waals surface area contributed by atoms with Crippen molar-refractivity contribution in [2.45, 2.75) is 5.88 Å². The Morgan fingerprint density at radius 1 is 1.33 bits per heavy atom. The van der Waals surface area contributed by atoms with Gasteiger partial charge in [-0.3, -0.25) is 0 Å². The Kier molecular flexibility index (Phi) is 7.47. The molecule has 0 unspecified atom stereocenters. The number of hydrogen-bond donors (Lipinski definition) is 1. The maximum Gasteiger partial charge on any atom is 0.103 e. The molecule has 0 amide bonds. The zero-order chi connectivity index (χ0) is 9.23. The minimum Gasteiger partial charge on any atom is -0.384 e. The third-order valence-corrected chi connectivity index (χ3v) is 1.40. The summed E-state index contributed by atoms with van der Waals surface area (Å²) < 4.78 is 0. The van der Waals surface area contributed by atoms with Crippen LogP contribution >= 0.6 is 11.6 Å². The number of benzene rings is 1. The van der Waals surface area contributed by atoms with Gasteiger partial charge in [0.1, 0.15) is 6.61 Å². The van der Waals surface area contributed by atoms with Crippen LogP contribution in [0.1, 0.15) is 5.56 Å². The number of terminal acetylenes is 1. The first kappa shape index (κ1) is 11.0. The van der Waals surface area contributed by atoms with E-state index in [0.717, 1.165) is 0 Å². The molecule has 0 saturated carbocycles. The maximum absolute atomic E-state index is 7.64. The van der Waals surface area contributed by atoms with Gasteiger partial charge in [-0.2, -0.15) is 0 Å². The van der Waals surface area contributed by atoms with Gasteiger partial charge in [0, 0.05) is 5.88 Å². The lowest BCUT2D eigenvalue weighted by atomic mass is 10.2. The highest BCUT2D eigenvalue weighted by atomic mass is 35.5. The van der Waals surface area contributed by atoms with Crippen molar-refractivity contribution < 1.29 is 5.11 Å². The number of hydrogen-bond acceptors (Lipinski definition) is 1. The summed E-state index contributed by atoms with van der Waals surface area (Å²) in [5.41, 5.74) is 1.18. The first-order chi connectivity index (χ1) is 5.85. The van der Waals surface area contributed by atoms with Crippen LogP contribution in [0.5, 0.6) is 0 Å². The Hall–Kier alpha value is -0.970. The molecule has 0 aliphatic rings. The van der Waals surface area contributed by atoms with Gasteiger partial charge >= 0.3 is 0 Å². The van der Waals surface area contributed by atoms with Crippen LogP contribution in [0.3, 0.4) is 0 Å². The highest BCUT2D eigenvalue weighted by Gasteiger charge is 1.81. The molecule has 0 aromatic heterocycles. The van der Waals surface area contributed by atoms with E-state index in [1.165, 1.54) is 5.56 Å². The quantitative estimate of drug-likeness (QED) is 0.521. The molecule has 1 aromatic carbocycles. The minimum absolute atomic E-state index is 0.153. The Labute approximate surface area is 78.0 Å². The van der Waals surface area contributed by atoms with E-state index >= 15 is 0 Å². The SMILES string of the molecule is C#CCO.ClCc1ccccc1. The molecule has 1 aromatic rings. The molecular formula is C10H11ClO. The van der Waals surface area contributed by atoms with Crippen molar-refractivity contribution in [3.05, 3.63) is 35.9 Å². The van der Waals surface area contributed by atoms with Crippen LogP contribution in [0.2, 0.25) is 0 Å². The Morgan fingerprint density at radius 3 is 2.08 bits per heavy atom. The fourth-order valence-corrected chi connectivity index (χ4v) is 0.745. The molecule has 12 heavy (non-hydrogen) atoms. The predicted octanol–water partition coefficient (Wildman–Crippen LogP) is 2.04. The molecule has 1 nitrogen and oxygen atoms in total. The van der Waals surface area contributed by atoms with Crippen LogP contribution in [-0.2, 0) is 5.88 Å². The molecule has 1 N–H and O–H groups in total. The standard InChI is InChI=1S/C7H7Cl.C3H4O/c8-6-7-4-2-1-3-5-7;1-2-3-4/h1-5H,6H2;1,4H,3H2. The van der Waals surface area contributed by atoms with Gasteiger partial charge in [-0.15, -0.1) is 18.0 Å². The van der Waals surface area contributed by atoms with Gasteiger partial charge in [0.05, 0.1) is 0 Å². The van der Waals surface area contributed by atoms with E-state index in [9.17, 15) is 0 Å². The van der Waals surface area contributed by atoms with Gasteiger partial charge in [0.15, 0.2) is 0 Å². The van der Waals surface area contributed by atoms with Gasteiger partial charge < -0.3 is 5.11 Å². The van der Waals surface area contributed by atoms with Crippen LogP contribution in [-0.4, -0.2) is 11.7 Å². The highest BCUT2D eigenvalue weighted by molar-refractivity contribution is 6.17. The molecule has 0 heterocycles. The lowest BCUT2D eigenvalue weighted by Gasteiger charge is -1.88. The lowest BCUT2D eigenvalue weighted by molar-refractivity contribution is 0.351. The van der Waals surface area contributed by atoms with E-state index in [0.29, 0.717) is 5.88 Å². The second kappa shape index (κ2) is 8.13. The van der Waals surface area contributed by atoms with Crippen LogP contribution in [0, 0.1) is 12.3 Å². The summed E-state index contributed by atoms with van der Waals surface area (Å²) in [6.45, 7) is -0.153. The summed E-state index contributed by atoms with van der Waals surface area (Å²) in [4.78, 5) is 0. The first-order valence-electron chi connectivity index (χ1n) is 3.49. The van der Waals surface area contributed by atoms with E-state index in [4.69, 9.17) is 16.7 Å². The summed E-state index contributed by atoms with van der Waals surface area (Å²) >= 11 is 5.53. The number of halogens is 1. The Morgan fingerprint density at radius 2 is 1.83 bits per heavy atom. The summed E-state index contributed by atoms with van der Waals surface area (Å²) in [5.74, 6) is 2.60. The zero-order valence-electron chi connectivity index (χ0n) is 6.70. The van der Waals surface area contributed by atoms with Gasteiger partial charge in [-0.25, -0.2) is 0 Å². The topological polar surface area (TPSA) is 20.2 Å². The molecule has 0 aliphatic carbocycles. The van der Waals surface area contributed by atoms with Crippen molar-refractivity contribution in [3.8, 4) is 12.3 Å². The third kappa shape index (κ3) is 5.79. The number of rotatable bonds is 1. The molecule has 0 saturated heterocycles. The fraction of sp³-hybridized carbons (Fsp3) is 0.200. The minimum atomic E-state index is -0.153. The summed E-state index contributed by atoms with van der Waals surface area (Å²) in [6, 6.07) is 9.96. The average Bonchev–Trinajstić information content (AvgIpc) is 2.19. The summed E-state index contributed by atoms with van der Waals surface area (Å²) in [6.07, 6.45) is 4.53. The van der Waals surface area contributed by atoms with Crippen LogP contribution < -0.4 is 0 Å². The second-order valence-corrected chi connectivity index (χ2v) is 2.25. The van der Waals surface area contributed by atoms with E-state index in [-0.39, 0.29) is 6.61 Å². The maximum atomic E-state index is 7.64. The van der Waals surface area contributed by atoms with Crippen molar-refractivity contribution in [1.29, 1.82) is 0 Å². The van der Waals surface area contributed by atoms with Crippen molar-refractivity contribution in [2.75, 3.05) is 6.61 Å². The number of aliphatic hydroxyl groups is 1. The summed E-state index contributed by atoms with van der Waals surface area (Å²) in [7, 11) is 0. The van der Waals surface area contributed by atoms with Gasteiger partial charge in [0.25, 0.3) is 0 Å². The van der Waals surface area contributed by atoms with E-state index in [2.05, 4.69) is 6.42 Å². The molecule has 0 aliphatic heterocycles. The van der Waals surface area contributed by atoms with Gasteiger partial charge in [0.2, 0.25) is 0 Å². The van der Waals surface area contributed by atoms with Crippen LogP contribution in [0.15, 0.2) is 30.3 Å². The predicted molar refractivity (Wildman–Crippen MR) is 51.9 cm³/mol. The van der Waals surface area contributed by atoms with Crippen molar-refractivity contribution in [2.24, 2.45) is 0 Å². The Bertz CT molecular complexity index is 225. The molecule has 0 bridgehead atoms. The number of alkyl halides is 1. The van der Waals surface area contributed by atoms with Crippen molar-refractivity contribution >= 4 is 11.6 Å². The van der Waals surface area contributed by atoms with Crippen molar-refractivity contribution in [1.82, 2.24) is 0 Å². The average molecular weight is 183 g/mol. The van der Waals surface area contributed by atoms with E-state index in [1.54, 1.807) is 0 Å². The third-order valence-electron chi connectivity index (χ3n) is 1.09. The molecule has 1 rings (SSSR count). The molecule has 0 spiro atoms. The number of aliphatic hydroxyl groups excluding tert-OH is 1. The molecule has 2 heteroatoms. The molecule has 0 fully saturated rings. The van der Waals surface area contributed by atoms with Gasteiger partial charge in [-0.05, 0) is 5.56 Å². The largest absolute Gasteiger partial charge is 0.384 e. The van der Waals surface area contributed by atoms with E-state index in [1.807, 2.05) is 36.3 Å².